The Bertz CT molecular complexity index is 633. The first kappa shape index (κ1) is 10.4. The van der Waals surface area contributed by atoms with Gasteiger partial charge < -0.3 is 0 Å². The second kappa shape index (κ2) is 3.19. The van der Waals surface area contributed by atoms with Crippen molar-refractivity contribution < 1.29 is 8.42 Å². The molecule has 0 spiro atoms. The van der Waals surface area contributed by atoms with E-state index in [0.717, 1.165) is 0 Å². The van der Waals surface area contributed by atoms with Crippen molar-refractivity contribution in [1.29, 1.82) is 0 Å². The van der Waals surface area contributed by atoms with Crippen molar-refractivity contribution in [3.8, 4) is 0 Å². The van der Waals surface area contributed by atoms with Crippen LogP contribution in [0.25, 0.3) is 10.9 Å². The third kappa shape index (κ3) is 1.60. The van der Waals surface area contributed by atoms with Crippen LogP contribution < -0.4 is 5.14 Å². The summed E-state index contributed by atoms with van der Waals surface area (Å²) in [5.74, 6) is 0. The lowest BCUT2D eigenvalue weighted by atomic mass is 10.3. The summed E-state index contributed by atoms with van der Waals surface area (Å²) >= 11 is 5.91. The third-order valence-corrected chi connectivity index (χ3v) is 3.35. The van der Waals surface area contributed by atoms with Crippen molar-refractivity contribution >= 4 is 32.5 Å². The number of nitrogens with zero attached hydrogens (tertiary/aromatic N) is 2. The highest BCUT2D eigenvalue weighted by Gasteiger charge is 2.20. The zero-order valence-corrected chi connectivity index (χ0v) is 9.38. The topological polar surface area (TPSA) is 78.0 Å². The summed E-state index contributed by atoms with van der Waals surface area (Å²) in [6.07, 6.45) is 0. The van der Waals surface area contributed by atoms with E-state index in [1.807, 2.05) is 0 Å². The fraction of sp³-hybridized carbons (Fsp3) is 0.125. The van der Waals surface area contributed by atoms with E-state index in [1.54, 1.807) is 18.2 Å². The van der Waals surface area contributed by atoms with Crippen LogP contribution in [0, 0.1) is 0 Å². The van der Waals surface area contributed by atoms with Gasteiger partial charge in [-0.05, 0) is 12.1 Å². The predicted octanol–water partition coefficient (Wildman–Crippen LogP) is 0.874. The summed E-state index contributed by atoms with van der Waals surface area (Å²) in [6, 6.07) is 4.97. The van der Waals surface area contributed by atoms with E-state index in [1.165, 1.54) is 11.7 Å². The Hall–Kier alpha value is -1.11. The fourth-order valence-corrected chi connectivity index (χ4v) is 2.73. The van der Waals surface area contributed by atoms with E-state index in [4.69, 9.17) is 16.7 Å². The van der Waals surface area contributed by atoms with Crippen LogP contribution in [0.3, 0.4) is 0 Å². The van der Waals surface area contributed by atoms with Crippen LogP contribution >= 0.6 is 11.6 Å². The van der Waals surface area contributed by atoms with E-state index in [0.29, 0.717) is 15.9 Å². The maximum atomic E-state index is 11.3. The highest BCUT2D eigenvalue weighted by molar-refractivity contribution is 7.89. The number of nitrogens with two attached hydrogens (primary N) is 1. The molecule has 0 aliphatic carbocycles. The first-order valence-electron chi connectivity index (χ1n) is 4.05. The first-order chi connectivity index (χ1) is 6.91. The fourth-order valence-electron chi connectivity index (χ4n) is 1.50. The minimum atomic E-state index is -3.82. The molecule has 0 aliphatic rings. The molecule has 0 saturated carbocycles. The van der Waals surface area contributed by atoms with Gasteiger partial charge in [-0.25, -0.2) is 13.6 Å². The van der Waals surface area contributed by atoms with E-state index in [-0.39, 0.29) is 5.03 Å². The Balaban J connectivity index is 3.02. The van der Waals surface area contributed by atoms with Crippen LogP contribution in [0.1, 0.15) is 0 Å². The Morgan fingerprint density at radius 2 is 2.13 bits per heavy atom. The van der Waals surface area contributed by atoms with Gasteiger partial charge in [0.2, 0.25) is 0 Å². The van der Waals surface area contributed by atoms with Crippen LogP contribution in [0.2, 0.25) is 5.02 Å². The maximum Gasteiger partial charge on any atom is 0.255 e. The van der Waals surface area contributed by atoms with Gasteiger partial charge in [-0.2, -0.15) is 5.10 Å². The first-order valence-corrected chi connectivity index (χ1v) is 5.97. The van der Waals surface area contributed by atoms with Crippen LogP contribution in [-0.2, 0) is 17.1 Å². The normalized spacial score (nSPS) is 12.2. The number of primary sulfonamides is 1. The van der Waals surface area contributed by atoms with Gasteiger partial charge in [0, 0.05) is 7.05 Å². The minimum Gasteiger partial charge on any atom is -0.255 e. The lowest BCUT2D eigenvalue weighted by Gasteiger charge is -1.99. The van der Waals surface area contributed by atoms with Crippen molar-refractivity contribution in [2.24, 2.45) is 12.2 Å². The average molecular weight is 246 g/mol. The number of benzene rings is 1. The van der Waals surface area contributed by atoms with Gasteiger partial charge in [-0.15, -0.1) is 0 Å². The second-order valence-electron chi connectivity index (χ2n) is 3.11. The monoisotopic (exact) mass is 245 g/mol. The molecule has 0 atom stereocenters. The molecule has 1 heterocycles. The molecule has 15 heavy (non-hydrogen) atoms. The van der Waals surface area contributed by atoms with Crippen LogP contribution in [-0.4, -0.2) is 18.2 Å². The van der Waals surface area contributed by atoms with Gasteiger partial charge in [0.15, 0.2) is 5.03 Å². The molecule has 0 bridgehead atoms. The summed E-state index contributed by atoms with van der Waals surface area (Å²) in [4.78, 5) is 0. The molecule has 80 valence electrons. The summed E-state index contributed by atoms with van der Waals surface area (Å²) in [6.45, 7) is 0. The highest BCUT2D eigenvalue weighted by Crippen LogP contribution is 2.28. The number of sulfonamides is 1. The quantitative estimate of drug-likeness (QED) is 0.810. The predicted molar refractivity (Wildman–Crippen MR) is 57.1 cm³/mol. The number of hydrogen-bond donors (Lipinski definition) is 1. The van der Waals surface area contributed by atoms with Gasteiger partial charge in [-0.3, -0.25) is 4.68 Å². The molecule has 2 aromatic rings. The molecule has 0 fully saturated rings. The standard InChI is InChI=1S/C8H8ClN3O2S/c1-12-8(15(10,13)14)7-5(9)3-2-4-6(7)11-12/h2-4H,1H3,(H2,10,13,14). The zero-order chi connectivity index (χ0) is 11.2. The van der Waals surface area contributed by atoms with Crippen molar-refractivity contribution in [3.05, 3.63) is 23.2 Å². The Labute approximate surface area is 91.5 Å². The van der Waals surface area contributed by atoms with Crippen molar-refractivity contribution in [1.82, 2.24) is 9.78 Å². The molecule has 7 heteroatoms. The SMILES string of the molecule is Cn1nc2cccc(Cl)c2c1S(N)(=O)=O. The molecule has 0 saturated heterocycles. The molecule has 0 unspecified atom stereocenters. The number of hydrogen-bond acceptors (Lipinski definition) is 3. The van der Waals surface area contributed by atoms with Gasteiger partial charge in [0.25, 0.3) is 10.0 Å². The molecule has 0 amide bonds. The number of fused-ring (bicyclic) bond motifs is 1. The summed E-state index contributed by atoms with van der Waals surface area (Å²) in [5, 5.41) is 9.73. The highest BCUT2D eigenvalue weighted by atomic mass is 35.5. The largest absolute Gasteiger partial charge is 0.255 e. The van der Waals surface area contributed by atoms with Crippen LogP contribution in [0.15, 0.2) is 23.2 Å². The van der Waals surface area contributed by atoms with E-state index >= 15 is 0 Å². The smallest absolute Gasteiger partial charge is 0.255 e. The lowest BCUT2D eigenvalue weighted by Crippen LogP contribution is -2.16. The average Bonchev–Trinajstić information content (AvgIpc) is 2.41. The Kier molecular flexibility index (Phi) is 2.22. The molecular formula is C8H8ClN3O2S. The lowest BCUT2D eigenvalue weighted by molar-refractivity contribution is 0.581. The molecule has 0 radical (unpaired) electrons. The third-order valence-electron chi connectivity index (χ3n) is 2.03. The summed E-state index contributed by atoms with van der Waals surface area (Å²) in [7, 11) is -2.31. The molecule has 2 rings (SSSR count). The molecule has 1 aromatic heterocycles. The number of aryl methyl sites for hydroxylation is 1. The number of aromatic nitrogens is 2. The Morgan fingerprint density at radius 1 is 1.47 bits per heavy atom. The number of rotatable bonds is 1. The zero-order valence-electron chi connectivity index (χ0n) is 7.81. The molecular weight excluding hydrogens is 238 g/mol. The van der Waals surface area contributed by atoms with Gasteiger partial charge in [-0.1, -0.05) is 17.7 Å². The second-order valence-corrected chi connectivity index (χ2v) is 4.99. The number of halogens is 1. The van der Waals surface area contributed by atoms with E-state index < -0.39 is 10.0 Å². The molecule has 5 nitrogen and oxygen atoms in total. The van der Waals surface area contributed by atoms with E-state index in [2.05, 4.69) is 5.10 Å². The minimum absolute atomic E-state index is 0.0666. The molecule has 2 N–H and O–H groups in total. The van der Waals surface area contributed by atoms with Gasteiger partial charge >= 0.3 is 0 Å². The van der Waals surface area contributed by atoms with Crippen molar-refractivity contribution in [2.45, 2.75) is 5.03 Å². The van der Waals surface area contributed by atoms with Crippen LogP contribution in [0.4, 0.5) is 0 Å². The Morgan fingerprint density at radius 3 is 2.73 bits per heavy atom. The van der Waals surface area contributed by atoms with Crippen molar-refractivity contribution in [3.63, 3.8) is 0 Å². The van der Waals surface area contributed by atoms with Crippen molar-refractivity contribution in [2.75, 3.05) is 0 Å². The van der Waals surface area contributed by atoms with Crippen LogP contribution in [0.5, 0.6) is 0 Å². The van der Waals surface area contributed by atoms with Gasteiger partial charge in [0.05, 0.1) is 15.9 Å². The summed E-state index contributed by atoms with van der Waals surface area (Å²) in [5.41, 5.74) is 0.508. The van der Waals surface area contributed by atoms with E-state index in [9.17, 15) is 8.42 Å². The summed E-state index contributed by atoms with van der Waals surface area (Å²) < 4.78 is 23.9. The molecule has 1 aromatic carbocycles. The van der Waals surface area contributed by atoms with Gasteiger partial charge in [0.1, 0.15) is 0 Å². The molecule has 0 aliphatic heterocycles. The maximum absolute atomic E-state index is 11.3.